The van der Waals surface area contributed by atoms with Crippen molar-refractivity contribution in [3.8, 4) is 0 Å². The van der Waals surface area contributed by atoms with Crippen LogP contribution in [0.5, 0.6) is 0 Å². The number of hydrogen-bond acceptors (Lipinski definition) is 0. The molecular formula is C10H18. The molecule has 0 bridgehead atoms. The van der Waals surface area contributed by atoms with E-state index in [1.807, 2.05) is 6.08 Å². The van der Waals surface area contributed by atoms with Crippen molar-refractivity contribution in [2.24, 2.45) is 5.92 Å². The van der Waals surface area contributed by atoms with Crippen LogP contribution in [0, 0.1) is 5.92 Å². The van der Waals surface area contributed by atoms with Gasteiger partial charge in [0.05, 0.1) is 0 Å². The molecule has 0 aliphatic carbocycles. The lowest BCUT2D eigenvalue weighted by molar-refractivity contribution is 0.712. The zero-order valence-corrected chi connectivity index (χ0v) is 7.57. The summed E-state index contributed by atoms with van der Waals surface area (Å²) in [5.74, 6) is 0.620. The fourth-order valence-corrected chi connectivity index (χ4v) is 0.770. The molecule has 0 nitrogen and oxygen atoms in total. The van der Waals surface area contributed by atoms with Crippen LogP contribution in [0.1, 0.15) is 34.1 Å². The molecule has 0 heteroatoms. The van der Waals surface area contributed by atoms with E-state index in [9.17, 15) is 0 Å². The molecule has 0 aromatic carbocycles. The maximum Gasteiger partial charge on any atom is -0.0227 e. The first kappa shape index (κ1) is 9.48. The van der Waals surface area contributed by atoms with Crippen molar-refractivity contribution in [3.05, 3.63) is 23.8 Å². The Morgan fingerprint density at radius 1 is 1.40 bits per heavy atom. The van der Waals surface area contributed by atoms with Crippen LogP contribution >= 0.6 is 0 Å². The monoisotopic (exact) mass is 138 g/mol. The Morgan fingerprint density at radius 3 is 2.20 bits per heavy atom. The fraction of sp³-hybridized carbons (Fsp3) is 0.600. The average Bonchev–Trinajstić information content (AvgIpc) is 1.87. The SMILES string of the molecule is C=CC(C)CC(C)=C(C)C. The van der Waals surface area contributed by atoms with Gasteiger partial charge in [-0.1, -0.05) is 24.1 Å². The van der Waals surface area contributed by atoms with Crippen LogP contribution in [0.2, 0.25) is 0 Å². The Morgan fingerprint density at radius 2 is 1.90 bits per heavy atom. The van der Waals surface area contributed by atoms with Crippen molar-refractivity contribution in [3.63, 3.8) is 0 Å². The average molecular weight is 138 g/mol. The van der Waals surface area contributed by atoms with Crippen LogP contribution in [0.3, 0.4) is 0 Å². The summed E-state index contributed by atoms with van der Waals surface area (Å²) in [5, 5.41) is 0. The zero-order chi connectivity index (χ0) is 8.15. The molecule has 0 spiro atoms. The molecule has 0 heterocycles. The number of rotatable bonds is 3. The highest BCUT2D eigenvalue weighted by atomic mass is 14.0. The van der Waals surface area contributed by atoms with E-state index in [0.717, 1.165) is 6.42 Å². The van der Waals surface area contributed by atoms with E-state index in [0.29, 0.717) is 5.92 Å². The molecule has 58 valence electrons. The van der Waals surface area contributed by atoms with Crippen LogP contribution in [-0.2, 0) is 0 Å². The summed E-state index contributed by atoms with van der Waals surface area (Å²) in [7, 11) is 0. The van der Waals surface area contributed by atoms with Gasteiger partial charge in [-0.25, -0.2) is 0 Å². The summed E-state index contributed by atoms with van der Waals surface area (Å²) in [4.78, 5) is 0. The highest BCUT2D eigenvalue weighted by Gasteiger charge is 1.97. The molecule has 0 rings (SSSR count). The van der Waals surface area contributed by atoms with E-state index in [1.165, 1.54) is 11.1 Å². The largest absolute Gasteiger partial charge is 0.103 e. The van der Waals surface area contributed by atoms with Crippen molar-refractivity contribution in [1.29, 1.82) is 0 Å². The zero-order valence-electron chi connectivity index (χ0n) is 7.57. The minimum absolute atomic E-state index is 0.620. The van der Waals surface area contributed by atoms with Gasteiger partial charge in [0.1, 0.15) is 0 Å². The van der Waals surface area contributed by atoms with Gasteiger partial charge in [-0.15, -0.1) is 6.58 Å². The third-order valence-corrected chi connectivity index (χ3v) is 1.88. The fourth-order valence-electron chi connectivity index (χ4n) is 0.770. The summed E-state index contributed by atoms with van der Waals surface area (Å²) in [6.45, 7) is 12.4. The maximum atomic E-state index is 3.75. The smallest absolute Gasteiger partial charge is 0.0227 e. The van der Waals surface area contributed by atoms with Crippen LogP contribution < -0.4 is 0 Å². The summed E-state index contributed by atoms with van der Waals surface area (Å²) in [5.41, 5.74) is 2.93. The van der Waals surface area contributed by atoms with Gasteiger partial charge < -0.3 is 0 Å². The summed E-state index contributed by atoms with van der Waals surface area (Å²) < 4.78 is 0. The summed E-state index contributed by atoms with van der Waals surface area (Å²) in [6, 6.07) is 0. The molecule has 0 amide bonds. The Hall–Kier alpha value is -0.520. The molecular weight excluding hydrogens is 120 g/mol. The quantitative estimate of drug-likeness (QED) is 0.523. The van der Waals surface area contributed by atoms with Gasteiger partial charge in [-0.3, -0.25) is 0 Å². The van der Waals surface area contributed by atoms with Crippen LogP contribution in [-0.4, -0.2) is 0 Å². The molecule has 1 atom stereocenters. The third-order valence-electron chi connectivity index (χ3n) is 1.88. The van der Waals surface area contributed by atoms with Crippen molar-refractivity contribution in [2.75, 3.05) is 0 Å². The van der Waals surface area contributed by atoms with Crippen molar-refractivity contribution >= 4 is 0 Å². The second-order valence-corrected chi connectivity index (χ2v) is 3.20. The van der Waals surface area contributed by atoms with Gasteiger partial charge in [0.2, 0.25) is 0 Å². The van der Waals surface area contributed by atoms with Gasteiger partial charge in [-0.2, -0.15) is 0 Å². The Bertz CT molecular complexity index is 136. The molecule has 0 radical (unpaired) electrons. The van der Waals surface area contributed by atoms with Crippen molar-refractivity contribution in [1.82, 2.24) is 0 Å². The van der Waals surface area contributed by atoms with Crippen molar-refractivity contribution in [2.45, 2.75) is 34.1 Å². The minimum atomic E-state index is 0.620. The summed E-state index contributed by atoms with van der Waals surface area (Å²) >= 11 is 0. The van der Waals surface area contributed by atoms with Crippen LogP contribution in [0.15, 0.2) is 23.8 Å². The van der Waals surface area contributed by atoms with Crippen molar-refractivity contribution < 1.29 is 0 Å². The molecule has 0 aliphatic rings. The predicted molar refractivity (Wildman–Crippen MR) is 48.0 cm³/mol. The van der Waals surface area contributed by atoms with Crippen LogP contribution in [0.25, 0.3) is 0 Å². The number of hydrogen-bond donors (Lipinski definition) is 0. The highest BCUT2D eigenvalue weighted by Crippen LogP contribution is 2.14. The van der Waals surface area contributed by atoms with E-state index >= 15 is 0 Å². The standard InChI is InChI=1S/C10H18/c1-6-9(4)7-10(5)8(2)3/h6,9H,1,7H2,2-5H3. The second-order valence-electron chi connectivity index (χ2n) is 3.20. The highest BCUT2D eigenvalue weighted by molar-refractivity contribution is 5.08. The van der Waals surface area contributed by atoms with E-state index in [1.54, 1.807) is 0 Å². The predicted octanol–water partition coefficient (Wildman–Crippen LogP) is 3.55. The van der Waals surface area contributed by atoms with Gasteiger partial charge >= 0.3 is 0 Å². The third kappa shape index (κ3) is 3.49. The topological polar surface area (TPSA) is 0 Å². The molecule has 0 aromatic rings. The lowest BCUT2D eigenvalue weighted by Crippen LogP contribution is -1.90. The molecule has 0 N–H and O–H groups in total. The van der Waals surface area contributed by atoms with E-state index < -0.39 is 0 Å². The Labute approximate surface area is 64.6 Å². The molecule has 1 unspecified atom stereocenters. The normalized spacial score (nSPS) is 12.4. The second kappa shape index (κ2) is 4.32. The van der Waals surface area contributed by atoms with Gasteiger partial charge in [0.15, 0.2) is 0 Å². The van der Waals surface area contributed by atoms with Gasteiger partial charge in [0.25, 0.3) is 0 Å². The molecule has 0 saturated heterocycles. The molecule has 0 saturated carbocycles. The van der Waals surface area contributed by atoms with Crippen LogP contribution in [0.4, 0.5) is 0 Å². The first-order valence-corrected chi connectivity index (χ1v) is 3.83. The van der Waals surface area contributed by atoms with Gasteiger partial charge in [0, 0.05) is 0 Å². The minimum Gasteiger partial charge on any atom is -0.103 e. The lowest BCUT2D eigenvalue weighted by Gasteiger charge is -2.06. The van der Waals surface area contributed by atoms with E-state index in [4.69, 9.17) is 0 Å². The molecule has 10 heavy (non-hydrogen) atoms. The molecule has 0 fully saturated rings. The summed E-state index contributed by atoms with van der Waals surface area (Å²) in [6.07, 6.45) is 3.16. The molecule has 0 aliphatic heterocycles. The van der Waals surface area contributed by atoms with E-state index in [-0.39, 0.29) is 0 Å². The Balaban J connectivity index is 3.91. The van der Waals surface area contributed by atoms with Gasteiger partial charge in [-0.05, 0) is 33.1 Å². The molecule has 0 aromatic heterocycles. The van der Waals surface area contributed by atoms with E-state index in [2.05, 4.69) is 34.3 Å². The lowest BCUT2D eigenvalue weighted by atomic mass is 10.00. The maximum absolute atomic E-state index is 3.75. The first-order chi connectivity index (χ1) is 4.57. The number of allylic oxidation sites excluding steroid dienone is 3. The Kier molecular flexibility index (Phi) is 4.10. The first-order valence-electron chi connectivity index (χ1n) is 3.83.